The molecular formula is C16H30. The average molecular weight is 222 g/mol. The first-order chi connectivity index (χ1) is 7.91. The number of rotatable bonds is 12. The number of hydrogen-bond acceptors (Lipinski definition) is 0. The minimum absolute atomic E-state index is 1.19. The van der Waals surface area contributed by atoms with Gasteiger partial charge in [0.2, 0.25) is 0 Å². The van der Waals surface area contributed by atoms with E-state index in [0.29, 0.717) is 0 Å². The molecule has 0 aliphatic heterocycles. The Hall–Kier alpha value is -0.520. The SMILES string of the molecule is C=CCCCCCCCC/C=C\CCCC. The Labute approximate surface area is 103 Å². The molecule has 0 fully saturated rings. The predicted molar refractivity (Wildman–Crippen MR) is 75.8 cm³/mol. The fourth-order valence-corrected chi connectivity index (χ4v) is 1.82. The highest BCUT2D eigenvalue weighted by Gasteiger charge is 1.89. The highest BCUT2D eigenvalue weighted by Crippen LogP contribution is 2.09. The van der Waals surface area contributed by atoms with Gasteiger partial charge in [-0.2, -0.15) is 0 Å². The first-order valence-corrected chi connectivity index (χ1v) is 7.17. The molecule has 0 aromatic heterocycles. The van der Waals surface area contributed by atoms with Gasteiger partial charge in [0, 0.05) is 0 Å². The first-order valence-electron chi connectivity index (χ1n) is 7.17. The van der Waals surface area contributed by atoms with E-state index in [1.807, 2.05) is 6.08 Å². The highest BCUT2D eigenvalue weighted by atomic mass is 14.0. The largest absolute Gasteiger partial charge is 0.103 e. The maximum Gasteiger partial charge on any atom is -0.0351 e. The van der Waals surface area contributed by atoms with Crippen molar-refractivity contribution in [2.45, 2.75) is 77.6 Å². The second-order valence-electron chi connectivity index (χ2n) is 4.60. The smallest absolute Gasteiger partial charge is 0.0351 e. The third-order valence-corrected chi connectivity index (χ3v) is 2.92. The van der Waals surface area contributed by atoms with Crippen molar-refractivity contribution in [1.82, 2.24) is 0 Å². The predicted octanol–water partition coefficient (Wildman–Crippen LogP) is 6.04. The van der Waals surface area contributed by atoms with E-state index in [1.54, 1.807) is 0 Å². The van der Waals surface area contributed by atoms with Gasteiger partial charge in [0.1, 0.15) is 0 Å². The number of allylic oxidation sites excluding steroid dienone is 3. The minimum atomic E-state index is 1.19. The van der Waals surface area contributed by atoms with Crippen LogP contribution in [0.25, 0.3) is 0 Å². The molecule has 0 nitrogen and oxygen atoms in total. The lowest BCUT2D eigenvalue weighted by atomic mass is 10.1. The Morgan fingerprint density at radius 3 is 1.75 bits per heavy atom. The maximum absolute atomic E-state index is 3.74. The van der Waals surface area contributed by atoms with Gasteiger partial charge in [-0.25, -0.2) is 0 Å². The fourth-order valence-electron chi connectivity index (χ4n) is 1.82. The molecule has 0 saturated carbocycles. The van der Waals surface area contributed by atoms with E-state index < -0.39 is 0 Å². The zero-order chi connectivity index (χ0) is 11.9. The summed E-state index contributed by atoms with van der Waals surface area (Å²) in [4.78, 5) is 0. The van der Waals surface area contributed by atoms with Gasteiger partial charge in [-0.1, -0.05) is 63.7 Å². The van der Waals surface area contributed by atoms with Crippen LogP contribution in [0.4, 0.5) is 0 Å². The number of unbranched alkanes of at least 4 members (excludes halogenated alkanes) is 9. The quantitative estimate of drug-likeness (QED) is 0.279. The molecule has 0 N–H and O–H groups in total. The third-order valence-electron chi connectivity index (χ3n) is 2.92. The molecule has 0 bridgehead atoms. The van der Waals surface area contributed by atoms with Gasteiger partial charge in [-0.15, -0.1) is 6.58 Å². The van der Waals surface area contributed by atoms with Crippen LogP contribution in [-0.2, 0) is 0 Å². The molecule has 0 atom stereocenters. The van der Waals surface area contributed by atoms with E-state index >= 15 is 0 Å². The Kier molecular flexibility index (Phi) is 14.0. The van der Waals surface area contributed by atoms with Gasteiger partial charge in [-0.3, -0.25) is 0 Å². The topological polar surface area (TPSA) is 0 Å². The lowest BCUT2D eigenvalue weighted by Crippen LogP contribution is -1.79. The van der Waals surface area contributed by atoms with Crippen molar-refractivity contribution in [1.29, 1.82) is 0 Å². The summed E-state index contributed by atoms with van der Waals surface area (Å²) in [5.74, 6) is 0. The van der Waals surface area contributed by atoms with E-state index in [2.05, 4.69) is 25.7 Å². The third kappa shape index (κ3) is 13.5. The van der Waals surface area contributed by atoms with Crippen molar-refractivity contribution < 1.29 is 0 Å². The van der Waals surface area contributed by atoms with Gasteiger partial charge in [0.15, 0.2) is 0 Å². The number of hydrogen-bond donors (Lipinski definition) is 0. The van der Waals surface area contributed by atoms with Crippen LogP contribution < -0.4 is 0 Å². The molecule has 0 aromatic rings. The Balaban J connectivity index is 2.98. The van der Waals surface area contributed by atoms with Gasteiger partial charge < -0.3 is 0 Å². The van der Waals surface area contributed by atoms with Crippen LogP contribution in [0.2, 0.25) is 0 Å². The molecule has 0 spiro atoms. The van der Waals surface area contributed by atoms with Gasteiger partial charge in [0.25, 0.3) is 0 Å². The molecule has 0 aliphatic rings. The summed E-state index contributed by atoms with van der Waals surface area (Å²) in [6, 6.07) is 0. The normalized spacial score (nSPS) is 11.1. The van der Waals surface area contributed by atoms with E-state index in [9.17, 15) is 0 Å². The Bertz CT molecular complexity index is 155. The summed E-state index contributed by atoms with van der Waals surface area (Å²) in [6.45, 7) is 5.99. The molecule has 0 radical (unpaired) electrons. The Morgan fingerprint density at radius 2 is 1.19 bits per heavy atom. The molecule has 16 heavy (non-hydrogen) atoms. The molecular weight excluding hydrogens is 192 g/mol. The van der Waals surface area contributed by atoms with Gasteiger partial charge in [-0.05, 0) is 32.1 Å². The summed E-state index contributed by atoms with van der Waals surface area (Å²) in [5.41, 5.74) is 0. The van der Waals surface area contributed by atoms with Crippen LogP contribution in [0.1, 0.15) is 77.6 Å². The highest BCUT2D eigenvalue weighted by molar-refractivity contribution is 4.81. The summed E-state index contributed by atoms with van der Waals surface area (Å²) in [5, 5.41) is 0. The summed E-state index contributed by atoms with van der Waals surface area (Å²) in [6.07, 6.45) is 21.5. The maximum atomic E-state index is 3.74. The van der Waals surface area contributed by atoms with Crippen molar-refractivity contribution in [2.24, 2.45) is 0 Å². The second-order valence-corrected chi connectivity index (χ2v) is 4.60. The van der Waals surface area contributed by atoms with Crippen LogP contribution in [0.15, 0.2) is 24.8 Å². The monoisotopic (exact) mass is 222 g/mol. The second kappa shape index (κ2) is 14.5. The van der Waals surface area contributed by atoms with Crippen LogP contribution in [0.5, 0.6) is 0 Å². The lowest BCUT2D eigenvalue weighted by molar-refractivity contribution is 0.600. The first kappa shape index (κ1) is 15.5. The van der Waals surface area contributed by atoms with Crippen LogP contribution >= 0.6 is 0 Å². The zero-order valence-electron chi connectivity index (χ0n) is 11.2. The molecule has 0 aromatic carbocycles. The molecule has 0 rings (SSSR count). The molecule has 0 aliphatic carbocycles. The molecule has 94 valence electrons. The fraction of sp³-hybridized carbons (Fsp3) is 0.750. The molecule has 0 heteroatoms. The van der Waals surface area contributed by atoms with Crippen LogP contribution in [-0.4, -0.2) is 0 Å². The van der Waals surface area contributed by atoms with Gasteiger partial charge >= 0.3 is 0 Å². The van der Waals surface area contributed by atoms with Crippen molar-refractivity contribution in [3.8, 4) is 0 Å². The van der Waals surface area contributed by atoms with Crippen molar-refractivity contribution in [3.05, 3.63) is 24.8 Å². The van der Waals surface area contributed by atoms with Crippen LogP contribution in [0.3, 0.4) is 0 Å². The molecule has 0 amide bonds. The summed E-state index contributed by atoms with van der Waals surface area (Å²) < 4.78 is 0. The average Bonchev–Trinajstić information content (AvgIpc) is 2.31. The summed E-state index contributed by atoms with van der Waals surface area (Å²) in [7, 11) is 0. The molecule has 0 heterocycles. The van der Waals surface area contributed by atoms with Crippen molar-refractivity contribution in [2.75, 3.05) is 0 Å². The lowest BCUT2D eigenvalue weighted by Gasteiger charge is -1.99. The van der Waals surface area contributed by atoms with Crippen molar-refractivity contribution >= 4 is 0 Å². The summed E-state index contributed by atoms with van der Waals surface area (Å²) >= 11 is 0. The zero-order valence-corrected chi connectivity index (χ0v) is 11.2. The van der Waals surface area contributed by atoms with E-state index in [4.69, 9.17) is 0 Å². The minimum Gasteiger partial charge on any atom is -0.103 e. The van der Waals surface area contributed by atoms with Crippen molar-refractivity contribution in [3.63, 3.8) is 0 Å². The van der Waals surface area contributed by atoms with E-state index in [0.717, 1.165) is 0 Å². The van der Waals surface area contributed by atoms with Gasteiger partial charge in [0.05, 0.1) is 0 Å². The van der Waals surface area contributed by atoms with E-state index in [1.165, 1.54) is 70.6 Å². The van der Waals surface area contributed by atoms with Crippen LogP contribution in [0, 0.1) is 0 Å². The Morgan fingerprint density at radius 1 is 0.688 bits per heavy atom. The standard InChI is InChI=1S/C16H30/c1-3-5-7-9-11-13-15-16-14-12-10-8-6-4-2/h3,10,12H,1,4-9,11,13-16H2,2H3/b12-10-. The molecule has 0 saturated heterocycles. The molecule has 0 unspecified atom stereocenters. The van der Waals surface area contributed by atoms with E-state index in [-0.39, 0.29) is 0 Å².